The molecule has 0 N–H and O–H groups in total. The number of carbonyl (C=O) groups excluding carboxylic acids is 1. The first-order valence-electron chi connectivity index (χ1n) is 8.63. The van der Waals surface area contributed by atoms with E-state index in [-0.39, 0.29) is 18.1 Å². The molecular weight excluding hydrogens is 324 g/mol. The minimum atomic E-state index is 0.143. The van der Waals surface area contributed by atoms with Crippen molar-refractivity contribution >= 4 is 17.2 Å². The number of rotatable bonds is 3. The lowest BCUT2D eigenvalue weighted by molar-refractivity contribution is -0.148. The largest absolute Gasteiger partial charge is 0.440 e. The summed E-state index contributed by atoms with van der Waals surface area (Å²) in [6.07, 6.45) is 5.03. The summed E-state index contributed by atoms with van der Waals surface area (Å²) in [6, 6.07) is 4.20. The Hall–Kier alpha value is -1.66. The van der Waals surface area contributed by atoms with Gasteiger partial charge in [-0.15, -0.1) is 11.3 Å². The molecule has 0 bridgehead atoms. The molecule has 2 aliphatic rings. The number of aromatic nitrogens is 1. The number of hydrogen-bond acceptors (Lipinski definition) is 5. The molecule has 24 heavy (non-hydrogen) atoms. The number of thiophene rings is 1. The van der Waals surface area contributed by atoms with Gasteiger partial charge in [-0.1, -0.05) is 18.9 Å². The summed E-state index contributed by atoms with van der Waals surface area (Å²) in [5.41, 5.74) is 0.752. The first kappa shape index (κ1) is 15.8. The Kier molecular flexibility index (Phi) is 4.41. The highest BCUT2D eigenvalue weighted by Crippen LogP contribution is 2.30. The van der Waals surface area contributed by atoms with Gasteiger partial charge in [-0.3, -0.25) is 4.79 Å². The molecule has 5 nitrogen and oxygen atoms in total. The zero-order chi connectivity index (χ0) is 16.5. The fourth-order valence-electron chi connectivity index (χ4n) is 3.75. The topological polar surface area (TPSA) is 55.6 Å². The van der Waals surface area contributed by atoms with Crippen molar-refractivity contribution in [3.8, 4) is 10.8 Å². The lowest BCUT2D eigenvalue weighted by Crippen LogP contribution is -2.55. The Bertz CT molecular complexity index is 708. The molecule has 2 aromatic heterocycles. The minimum absolute atomic E-state index is 0.143. The average Bonchev–Trinajstić information content (AvgIpc) is 3.25. The molecule has 2 fully saturated rings. The highest BCUT2D eigenvalue weighted by Gasteiger charge is 2.36. The number of hydrogen-bond donors (Lipinski definition) is 0. The van der Waals surface area contributed by atoms with Gasteiger partial charge in [0.2, 0.25) is 11.8 Å². The first-order chi connectivity index (χ1) is 11.7. The van der Waals surface area contributed by atoms with Crippen molar-refractivity contribution in [1.29, 1.82) is 0 Å². The number of nitrogens with zero attached hydrogens (tertiary/aromatic N) is 2. The van der Waals surface area contributed by atoms with Gasteiger partial charge < -0.3 is 14.1 Å². The van der Waals surface area contributed by atoms with Gasteiger partial charge in [-0.05, 0) is 31.2 Å². The highest BCUT2D eigenvalue weighted by atomic mass is 32.1. The van der Waals surface area contributed by atoms with Crippen molar-refractivity contribution < 1.29 is 13.9 Å². The zero-order valence-electron chi connectivity index (χ0n) is 13.9. The molecule has 6 heteroatoms. The van der Waals surface area contributed by atoms with Crippen LogP contribution in [-0.2, 0) is 16.0 Å². The Labute approximate surface area is 145 Å². The summed E-state index contributed by atoms with van der Waals surface area (Å²) in [7, 11) is 0. The van der Waals surface area contributed by atoms with E-state index in [1.54, 1.807) is 11.3 Å². The Morgan fingerprint density at radius 2 is 2.29 bits per heavy atom. The van der Waals surface area contributed by atoms with Crippen LogP contribution in [0.2, 0.25) is 0 Å². The summed E-state index contributed by atoms with van der Waals surface area (Å²) in [5, 5.41) is 2.00. The molecule has 2 atom stereocenters. The van der Waals surface area contributed by atoms with E-state index >= 15 is 0 Å². The summed E-state index contributed by atoms with van der Waals surface area (Å²) < 4.78 is 11.6. The van der Waals surface area contributed by atoms with Crippen molar-refractivity contribution in [2.24, 2.45) is 0 Å². The van der Waals surface area contributed by atoms with Crippen LogP contribution in [0.1, 0.15) is 37.1 Å². The van der Waals surface area contributed by atoms with Crippen molar-refractivity contribution in [2.45, 2.75) is 51.2 Å². The average molecular weight is 346 g/mol. The third-order valence-electron chi connectivity index (χ3n) is 5.00. The van der Waals surface area contributed by atoms with E-state index in [0.717, 1.165) is 29.2 Å². The summed E-state index contributed by atoms with van der Waals surface area (Å²) in [6.45, 7) is 3.22. The Morgan fingerprint density at radius 3 is 3.12 bits per heavy atom. The highest BCUT2D eigenvalue weighted by molar-refractivity contribution is 7.13. The van der Waals surface area contributed by atoms with E-state index in [1.807, 2.05) is 29.3 Å². The van der Waals surface area contributed by atoms with Gasteiger partial charge in [0.25, 0.3) is 0 Å². The molecule has 2 aromatic rings. The molecule has 1 aliphatic carbocycles. The number of amides is 1. The first-order valence-corrected chi connectivity index (χ1v) is 9.51. The molecule has 0 spiro atoms. The van der Waals surface area contributed by atoms with Gasteiger partial charge in [0.05, 0.1) is 35.7 Å². The maximum absolute atomic E-state index is 12.9. The maximum atomic E-state index is 12.9. The van der Waals surface area contributed by atoms with Crippen molar-refractivity contribution in [2.75, 3.05) is 13.2 Å². The van der Waals surface area contributed by atoms with Gasteiger partial charge in [-0.2, -0.15) is 0 Å². The molecule has 128 valence electrons. The molecule has 1 saturated carbocycles. The number of oxazole rings is 1. The number of fused-ring (bicyclic) bond motifs is 1. The van der Waals surface area contributed by atoms with E-state index in [0.29, 0.717) is 25.5 Å². The van der Waals surface area contributed by atoms with Gasteiger partial charge in [-0.25, -0.2) is 4.98 Å². The van der Waals surface area contributed by atoms with Crippen molar-refractivity contribution in [3.05, 3.63) is 29.0 Å². The van der Waals surface area contributed by atoms with E-state index in [1.165, 1.54) is 12.8 Å². The molecule has 1 aliphatic heterocycles. The van der Waals surface area contributed by atoms with Gasteiger partial charge in [0, 0.05) is 6.54 Å². The third-order valence-corrected chi connectivity index (χ3v) is 5.85. The quantitative estimate of drug-likeness (QED) is 0.854. The molecule has 1 amide bonds. The smallest absolute Gasteiger partial charge is 0.236 e. The second-order valence-electron chi connectivity index (χ2n) is 6.52. The van der Waals surface area contributed by atoms with Crippen LogP contribution in [0, 0.1) is 6.92 Å². The van der Waals surface area contributed by atoms with Crippen LogP contribution < -0.4 is 0 Å². The lowest BCUT2D eigenvalue weighted by atomic mass is 9.90. The lowest BCUT2D eigenvalue weighted by Gasteiger charge is -2.43. The van der Waals surface area contributed by atoms with Gasteiger partial charge >= 0.3 is 0 Å². The van der Waals surface area contributed by atoms with E-state index in [2.05, 4.69) is 4.98 Å². The normalized spacial score (nSPS) is 24.0. The second-order valence-corrected chi connectivity index (χ2v) is 7.47. The number of morpholine rings is 1. The van der Waals surface area contributed by atoms with Crippen LogP contribution in [0.5, 0.6) is 0 Å². The second kappa shape index (κ2) is 6.69. The standard InChI is InChI=1S/C18H22N2O3S/c1-12-13(19-18(23-12)16-7-4-10-24-16)11-17(21)20-8-9-22-15-6-3-2-5-14(15)20/h4,7,10,14-15H,2-3,5-6,8-9,11H2,1H3/t14-,15-/m0/s1. The summed E-state index contributed by atoms with van der Waals surface area (Å²) in [5.74, 6) is 1.49. The Balaban J connectivity index is 1.49. The SMILES string of the molecule is Cc1oc(-c2cccs2)nc1CC(=O)N1CCO[C@H]2CCCC[C@@H]21. The predicted molar refractivity (Wildman–Crippen MR) is 92.0 cm³/mol. The van der Waals surface area contributed by atoms with Crippen LogP contribution >= 0.6 is 11.3 Å². The molecule has 0 radical (unpaired) electrons. The molecule has 0 unspecified atom stereocenters. The molecular formula is C18H22N2O3S. The van der Waals surface area contributed by atoms with E-state index < -0.39 is 0 Å². The van der Waals surface area contributed by atoms with Crippen LogP contribution in [0.15, 0.2) is 21.9 Å². The van der Waals surface area contributed by atoms with E-state index in [4.69, 9.17) is 9.15 Å². The fourth-order valence-corrected chi connectivity index (χ4v) is 4.40. The summed E-state index contributed by atoms with van der Waals surface area (Å²) in [4.78, 5) is 20.4. The zero-order valence-corrected chi connectivity index (χ0v) is 14.7. The van der Waals surface area contributed by atoms with Gasteiger partial charge in [0.15, 0.2) is 0 Å². The molecule has 1 saturated heterocycles. The molecule has 0 aromatic carbocycles. The Morgan fingerprint density at radius 1 is 1.42 bits per heavy atom. The molecule has 3 heterocycles. The van der Waals surface area contributed by atoms with Crippen LogP contribution in [0.3, 0.4) is 0 Å². The van der Waals surface area contributed by atoms with Crippen LogP contribution in [0.25, 0.3) is 10.8 Å². The monoisotopic (exact) mass is 346 g/mol. The number of carbonyl (C=O) groups is 1. The maximum Gasteiger partial charge on any atom is 0.236 e. The number of aryl methyl sites for hydroxylation is 1. The fraction of sp³-hybridized carbons (Fsp3) is 0.556. The minimum Gasteiger partial charge on any atom is -0.440 e. The van der Waals surface area contributed by atoms with Crippen LogP contribution in [-0.4, -0.2) is 41.1 Å². The van der Waals surface area contributed by atoms with Crippen molar-refractivity contribution in [1.82, 2.24) is 9.88 Å². The summed E-state index contributed by atoms with van der Waals surface area (Å²) >= 11 is 1.59. The predicted octanol–water partition coefficient (Wildman–Crippen LogP) is 3.42. The van der Waals surface area contributed by atoms with Crippen molar-refractivity contribution in [3.63, 3.8) is 0 Å². The third kappa shape index (κ3) is 3.00. The van der Waals surface area contributed by atoms with E-state index in [9.17, 15) is 4.79 Å². The molecule has 4 rings (SSSR count). The number of ether oxygens (including phenoxy) is 1. The van der Waals surface area contributed by atoms with Gasteiger partial charge in [0.1, 0.15) is 5.76 Å². The van der Waals surface area contributed by atoms with Crippen LogP contribution in [0.4, 0.5) is 0 Å².